The second-order valence-corrected chi connectivity index (χ2v) is 4.87. The molecule has 0 atom stereocenters. The summed E-state index contributed by atoms with van der Waals surface area (Å²) in [4.78, 5) is 14.2. The summed E-state index contributed by atoms with van der Waals surface area (Å²) in [6.45, 7) is 1.02. The Morgan fingerprint density at radius 2 is 1.52 bits per heavy atom. The molecule has 106 valence electrons. The minimum absolute atomic E-state index is 0.0558. The van der Waals surface area contributed by atoms with E-state index in [4.69, 9.17) is 5.26 Å². The highest BCUT2D eigenvalue weighted by Gasteiger charge is 2.14. The van der Waals surface area contributed by atoms with Crippen LogP contribution >= 0.6 is 0 Å². The summed E-state index contributed by atoms with van der Waals surface area (Å²) in [6.07, 6.45) is 0.729. The van der Waals surface area contributed by atoms with Gasteiger partial charge in [0.1, 0.15) is 0 Å². The van der Waals surface area contributed by atoms with Crippen LogP contribution in [0.3, 0.4) is 0 Å². The lowest BCUT2D eigenvalue weighted by Crippen LogP contribution is -2.32. The molecule has 0 N–H and O–H groups in total. The van der Waals surface area contributed by atoms with Gasteiger partial charge in [-0.3, -0.25) is 4.79 Å². The quantitative estimate of drug-likeness (QED) is 0.814. The Morgan fingerprint density at radius 1 is 0.952 bits per heavy atom. The fourth-order valence-corrected chi connectivity index (χ4v) is 2.16. The van der Waals surface area contributed by atoms with Gasteiger partial charge in [0, 0.05) is 13.1 Å². The van der Waals surface area contributed by atoms with Crippen LogP contribution in [0.15, 0.2) is 60.7 Å². The Hall–Kier alpha value is -2.60. The molecule has 3 nitrogen and oxygen atoms in total. The van der Waals surface area contributed by atoms with E-state index in [0.29, 0.717) is 25.9 Å². The SMILES string of the molecule is N#CCCN(Cc1ccccc1)C(=O)Cc1ccccc1. The molecule has 0 bridgehead atoms. The van der Waals surface area contributed by atoms with Crippen LogP contribution in [0.25, 0.3) is 0 Å². The van der Waals surface area contributed by atoms with Crippen molar-refractivity contribution in [2.75, 3.05) is 6.54 Å². The summed E-state index contributed by atoms with van der Waals surface area (Å²) in [5.74, 6) is 0.0558. The van der Waals surface area contributed by atoms with E-state index < -0.39 is 0 Å². The molecular formula is C18H18N2O. The smallest absolute Gasteiger partial charge is 0.227 e. The zero-order valence-electron chi connectivity index (χ0n) is 11.9. The lowest BCUT2D eigenvalue weighted by Gasteiger charge is -2.22. The largest absolute Gasteiger partial charge is 0.337 e. The minimum atomic E-state index is 0.0558. The van der Waals surface area contributed by atoms with Crippen molar-refractivity contribution >= 4 is 5.91 Å². The summed E-state index contributed by atoms with van der Waals surface area (Å²) in [7, 11) is 0. The molecule has 0 fully saturated rings. The van der Waals surface area contributed by atoms with Crippen LogP contribution in [0.5, 0.6) is 0 Å². The molecule has 3 heteroatoms. The molecule has 0 unspecified atom stereocenters. The molecule has 1 amide bonds. The number of hydrogen-bond donors (Lipinski definition) is 0. The lowest BCUT2D eigenvalue weighted by molar-refractivity contribution is -0.131. The van der Waals surface area contributed by atoms with Crippen molar-refractivity contribution in [3.63, 3.8) is 0 Å². The average molecular weight is 278 g/mol. The van der Waals surface area contributed by atoms with Gasteiger partial charge in [0.15, 0.2) is 0 Å². The summed E-state index contributed by atoms with van der Waals surface area (Å²) < 4.78 is 0. The van der Waals surface area contributed by atoms with E-state index in [9.17, 15) is 4.79 Å². The molecule has 2 rings (SSSR count). The number of hydrogen-bond acceptors (Lipinski definition) is 2. The minimum Gasteiger partial charge on any atom is -0.337 e. The maximum Gasteiger partial charge on any atom is 0.227 e. The maximum atomic E-state index is 12.4. The van der Waals surface area contributed by atoms with Crippen LogP contribution in [0.2, 0.25) is 0 Å². The van der Waals surface area contributed by atoms with E-state index in [0.717, 1.165) is 11.1 Å². The molecule has 2 aromatic rings. The third-order valence-electron chi connectivity index (χ3n) is 3.26. The first-order valence-corrected chi connectivity index (χ1v) is 7.02. The van der Waals surface area contributed by atoms with Crippen molar-refractivity contribution < 1.29 is 4.79 Å². The van der Waals surface area contributed by atoms with Gasteiger partial charge in [-0.15, -0.1) is 0 Å². The zero-order chi connectivity index (χ0) is 14.9. The third-order valence-corrected chi connectivity index (χ3v) is 3.26. The Kier molecular flexibility index (Phi) is 5.54. The highest BCUT2D eigenvalue weighted by Crippen LogP contribution is 2.09. The second-order valence-electron chi connectivity index (χ2n) is 4.87. The van der Waals surface area contributed by atoms with Crippen molar-refractivity contribution in [2.24, 2.45) is 0 Å². The summed E-state index contributed by atoms with van der Waals surface area (Å²) in [5.41, 5.74) is 2.08. The van der Waals surface area contributed by atoms with Gasteiger partial charge in [0.2, 0.25) is 5.91 Å². The predicted octanol–water partition coefficient (Wildman–Crippen LogP) is 3.17. The molecule has 0 aliphatic heterocycles. The first kappa shape index (κ1) is 14.8. The predicted molar refractivity (Wildman–Crippen MR) is 82.2 cm³/mol. The van der Waals surface area contributed by atoms with Crippen molar-refractivity contribution in [2.45, 2.75) is 19.4 Å². The van der Waals surface area contributed by atoms with Gasteiger partial charge in [0.25, 0.3) is 0 Å². The van der Waals surface area contributed by atoms with Gasteiger partial charge in [-0.05, 0) is 11.1 Å². The van der Waals surface area contributed by atoms with Crippen LogP contribution in [0.4, 0.5) is 0 Å². The van der Waals surface area contributed by atoms with E-state index in [1.54, 1.807) is 4.90 Å². The van der Waals surface area contributed by atoms with Gasteiger partial charge >= 0.3 is 0 Å². The first-order valence-electron chi connectivity index (χ1n) is 7.02. The van der Waals surface area contributed by atoms with Crippen LogP contribution in [-0.2, 0) is 17.8 Å². The number of nitriles is 1. The van der Waals surface area contributed by atoms with E-state index >= 15 is 0 Å². The van der Waals surface area contributed by atoms with Crippen LogP contribution in [-0.4, -0.2) is 17.4 Å². The monoisotopic (exact) mass is 278 g/mol. The maximum absolute atomic E-state index is 12.4. The highest BCUT2D eigenvalue weighted by atomic mass is 16.2. The van der Waals surface area contributed by atoms with Crippen molar-refractivity contribution in [3.8, 4) is 6.07 Å². The summed E-state index contributed by atoms with van der Waals surface area (Å²) in [6, 6.07) is 21.7. The molecule has 0 saturated carbocycles. The third kappa shape index (κ3) is 4.77. The van der Waals surface area contributed by atoms with Gasteiger partial charge in [0.05, 0.1) is 18.9 Å². The molecule has 0 radical (unpaired) electrons. The van der Waals surface area contributed by atoms with Crippen LogP contribution in [0.1, 0.15) is 17.5 Å². The second kappa shape index (κ2) is 7.86. The normalized spacial score (nSPS) is 9.86. The highest BCUT2D eigenvalue weighted by molar-refractivity contribution is 5.78. The summed E-state index contributed by atoms with van der Waals surface area (Å²) in [5, 5.41) is 8.76. The van der Waals surface area contributed by atoms with Gasteiger partial charge in [-0.25, -0.2) is 0 Å². The standard InChI is InChI=1S/C18H18N2O/c19-12-7-13-20(15-17-10-5-2-6-11-17)18(21)14-16-8-3-1-4-9-16/h1-6,8-11H,7,13-15H2. The number of carbonyl (C=O) groups excluding carboxylic acids is 1. The van der Waals surface area contributed by atoms with Gasteiger partial charge in [-0.2, -0.15) is 5.26 Å². The number of rotatable bonds is 6. The zero-order valence-corrected chi connectivity index (χ0v) is 11.9. The molecule has 0 aliphatic carbocycles. The number of nitrogens with zero attached hydrogens (tertiary/aromatic N) is 2. The number of benzene rings is 2. The fraction of sp³-hybridized carbons (Fsp3) is 0.222. The van der Waals surface area contributed by atoms with E-state index in [2.05, 4.69) is 6.07 Å². The van der Waals surface area contributed by atoms with Gasteiger partial charge < -0.3 is 4.90 Å². The topological polar surface area (TPSA) is 44.1 Å². The molecule has 0 aromatic heterocycles. The first-order chi connectivity index (χ1) is 10.3. The van der Waals surface area contributed by atoms with Crippen molar-refractivity contribution in [1.82, 2.24) is 4.90 Å². The number of carbonyl (C=O) groups is 1. The van der Waals surface area contributed by atoms with Crippen molar-refractivity contribution in [1.29, 1.82) is 5.26 Å². The number of amides is 1. The summed E-state index contributed by atoms with van der Waals surface area (Å²) >= 11 is 0. The van der Waals surface area contributed by atoms with E-state index in [-0.39, 0.29) is 5.91 Å². The molecule has 0 aliphatic rings. The Bertz CT molecular complexity index is 602. The Morgan fingerprint density at radius 3 is 2.10 bits per heavy atom. The molecule has 0 saturated heterocycles. The lowest BCUT2D eigenvalue weighted by atomic mass is 10.1. The van der Waals surface area contributed by atoms with Crippen LogP contribution < -0.4 is 0 Å². The Balaban J connectivity index is 2.04. The Labute approximate surface area is 125 Å². The molecule has 0 spiro atoms. The average Bonchev–Trinajstić information content (AvgIpc) is 2.53. The molecule has 0 heterocycles. The van der Waals surface area contributed by atoms with Crippen LogP contribution in [0, 0.1) is 11.3 Å². The molecule has 21 heavy (non-hydrogen) atoms. The van der Waals surface area contributed by atoms with E-state index in [1.807, 2.05) is 60.7 Å². The van der Waals surface area contributed by atoms with E-state index in [1.165, 1.54) is 0 Å². The van der Waals surface area contributed by atoms with Gasteiger partial charge in [-0.1, -0.05) is 60.7 Å². The molecule has 2 aromatic carbocycles. The molecular weight excluding hydrogens is 260 g/mol. The van der Waals surface area contributed by atoms with Crippen molar-refractivity contribution in [3.05, 3.63) is 71.8 Å². The fourth-order valence-electron chi connectivity index (χ4n) is 2.16.